The number of thiophene rings is 1. The lowest BCUT2D eigenvalue weighted by molar-refractivity contribution is -0.120. The zero-order chi connectivity index (χ0) is 15.9. The molecule has 2 aromatic rings. The Morgan fingerprint density at radius 1 is 0.955 bits per heavy atom. The van der Waals surface area contributed by atoms with Gasteiger partial charge in [0.05, 0.1) is 6.54 Å². The maximum atomic E-state index is 11.8. The van der Waals surface area contributed by atoms with Gasteiger partial charge in [-0.2, -0.15) is 11.3 Å². The molecule has 0 aliphatic rings. The first-order valence-electron chi connectivity index (χ1n) is 6.21. The second-order valence-corrected chi connectivity index (χ2v) is 5.90. The van der Waals surface area contributed by atoms with Crippen molar-refractivity contribution in [2.75, 3.05) is 6.54 Å². The van der Waals surface area contributed by atoms with Gasteiger partial charge in [0.2, 0.25) is 0 Å². The molecule has 0 spiro atoms. The van der Waals surface area contributed by atoms with Crippen molar-refractivity contribution in [3.8, 4) is 0 Å². The highest BCUT2D eigenvalue weighted by Crippen LogP contribution is 2.10. The van der Waals surface area contributed by atoms with Crippen LogP contribution in [0.1, 0.15) is 20.7 Å². The molecule has 114 valence electrons. The van der Waals surface area contributed by atoms with E-state index in [4.69, 9.17) is 0 Å². The molecule has 0 saturated heterocycles. The number of hydrogen-bond donors (Lipinski definition) is 3. The molecule has 2 rings (SSSR count). The van der Waals surface area contributed by atoms with Crippen LogP contribution in [-0.4, -0.2) is 24.3 Å². The summed E-state index contributed by atoms with van der Waals surface area (Å²) in [5.41, 5.74) is 5.41. The van der Waals surface area contributed by atoms with Crippen LogP contribution in [0.15, 0.2) is 45.6 Å². The number of carbonyl (C=O) groups is 3. The fourth-order valence-corrected chi connectivity index (χ4v) is 2.40. The Morgan fingerprint density at radius 2 is 1.68 bits per heavy atom. The lowest BCUT2D eigenvalue weighted by Gasteiger charge is -2.08. The Balaban J connectivity index is 1.74. The van der Waals surface area contributed by atoms with Crippen molar-refractivity contribution in [3.05, 3.63) is 56.7 Å². The van der Waals surface area contributed by atoms with Crippen molar-refractivity contribution in [1.29, 1.82) is 0 Å². The number of hydrazine groups is 1. The summed E-state index contributed by atoms with van der Waals surface area (Å²) < 4.78 is 0.851. The number of carbonyl (C=O) groups excluding carboxylic acids is 3. The molecule has 1 aromatic carbocycles. The van der Waals surface area contributed by atoms with E-state index in [1.807, 2.05) is 0 Å². The van der Waals surface area contributed by atoms with Gasteiger partial charge in [-0.15, -0.1) is 0 Å². The van der Waals surface area contributed by atoms with E-state index in [0.29, 0.717) is 11.1 Å². The van der Waals surface area contributed by atoms with E-state index in [-0.39, 0.29) is 12.5 Å². The summed E-state index contributed by atoms with van der Waals surface area (Å²) in [5.74, 6) is -1.30. The minimum Gasteiger partial charge on any atom is -0.343 e. The number of benzene rings is 1. The lowest BCUT2D eigenvalue weighted by Crippen LogP contribution is -2.46. The lowest BCUT2D eigenvalue weighted by atomic mass is 10.2. The first-order valence-corrected chi connectivity index (χ1v) is 7.95. The van der Waals surface area contributed by atoms with Crippen LogP contribution in [-0.2, 0) is 4.79 Å². The highest BCUT2D eigenvalue weighted by Gasteiger charge is 2.10. The van der Waals surface area contributed by atoms with E-state index >= 15 is 0 Å². The first-order chi connectivity index (χ1) is 10.6. The quantitative estimate of drug-likeness (QED) is 0.704. The van der Waals surface area contributed by atoms with Crippen molar-refractivity contribution in [1.82, 2.24) is 16.2 Å². The standard InChI is InChI=1S/C14H12BrN3O3S/c15-11-3-1-9(2-4-11)14(21)18-17-12(19)7-16-13(20)10-5-6-22-8-10/h1-6,8H,7H2,(H,16,20)(H,17,19)(H,18,21). The number of rotatable bonds is 4. The summed E-state index contributed by atoms with van der Waals surface area (Å²) in [6.07, 6.45) is 0. The van der Waals surface area contributed by atoms with Crippen LogP contribution in [0, 0.1) is 0 Å². The number of nitrogens with one attached hydrogen (secondary N) is 3. The maximum absolute atomic E-state index is 11.8. The van der Waals surface area contributed by atoms with Crippen molar-refractivity contribution < 1.29 is 14.4 Å². The molecule has 22 heavy (non-hydrogen) atoms. The minimum atomic E-state index is -0.519. The molecular formula is C14H12BrN3O3S. The molecule has 0 atom stereocenters. The Morgan fingerprint density at radius 3 is 2.32 bits per heavy atom. The normalized spacial score (nSPS) is 9.86. The Bertz CT molecular complexity index is 671. The number of amides is 3. The highest BCUT2D eigenvalue weighted by molar-refractivity contribution is 9.10. The molecule has 1 heterocycles. The van der Waals surface area contributed by atoms with Gasteiger partial charge in [0.25, 0.3) is 17.7 Å². The second kappa shape index (κ2) is 7.71. The smallest absolute Gasteiger partial charge is 0.269 e. The van der Waals surface area contributed by atoms with E-state index in [2.05, 4.69) is 32.1 Å². The molecule has 8 heteroatoms. The average Bonchev–Trinajstić information content (AvgIpc) is 3.05. The fourth-order valence-electron chi connectivity index (χ4n) is 1.50. The molecule has 0 bridgehead atoms. The van der Waals surface area contributed by atoms with Gasteiger partial charge >= 0.3 is 0 Å². The maximum Gasteiger partial charge on any atom is 0.269 e. The molecular weight excluding hydrogens is 370 g/mol. The van der Waals surface area contributed by atoms with Gasteiger partial charge in [-0.3, -0.25) is 25.2 Å². The topological polar surface area (TPSA) is 87.3 Å². The molecule has 0 saturated carbocycles. The van der Waals surface area contributed by atoms with Crippen LogP contribution in [0.5, 0.6) is 0 Å². The van der Waals surface area contributed by atoms with Crippen LogP contribution in [0.2, 0.25) is 0 Å². The third kappa shape index (κ3) is 4.68. The van der Waals surface area contributed by atoms with Crippen molar-refractivity contribution in [2.45, 2.75) is 0 Å². The van der Waals surface area contributed by atoms with Crippen LogP contribution < -0.4 is 16.2 Å². The summed E-state index contributed by atoms with van der Waals surface area (Å²) in [4.78, 5) is 34.9. The first kappa shape index (κ1) is 16.2. The average molecular weight is 382 g/mol. The van der Waals surface area contributed by atoms with Crippen molar-refractivity contribution >= 4 is 45.0 Å². The summed E-state index contributed by atoms with van der Waals surface area (Å²) in [6, 6.07) is 8.33. The van der Waals surface area contributed by atoms with E-state index in [9.17, 15) is 14.4 Å². The molecule has 1 aromatic heterocycles. The Labute approximate surface area is 139 Å². The fraction of sp³-hybridized carbons (Fsp3) is 0.0714. The van der Waals surface area contributed by atoms with Gasteiger partial charge in [0.1, 0.15) is 0 Å². The molecule has 0 radical (unpaired) electrons. The van der Waals surface area contributed by atoms with E-state index in [1.165, 1.54) is 11.3 Å². The van der Waals surface area contributed by atoms with Crippen LogP contribution >= 0.6 is 27.3 Å². The predicted octanol–water partition coefficient (Wildman–Crippen LogP) is 1.70. The Kier molecular flexibility index (Phi) is 5.68. The molecule has 0 aliphatic carbocycles. The van der Waals surface area contributed by atoms with Crippen molar-refractivity contribution in [3.63, 3.8) is 0 Å². The SMILES string of the molecule is O=C(CNC(=O)c1ccsc1)NNC(=O)c1ccc(Br)cc1. The van der Waals surface area contributed by atoms with E-state index in [1.54, 1.807) is 41.1 Å². The van der Waals surface area contributed by atoms with Gasteiger partial charge in [0, 0.05) is 21.0 Å². The Hall–Kier alpha value is -2.19. The molecule has 3 N–H and O–H groups in total. The predicted molar refractivity (Wildman–Crippen MR) is 86.4 cm³/mol. The van der Waals surface area contributed by atoms with Gasteiger partial charge in [-0.25, -0.2) is 0 Å². The van der Waals surface area contributed by atoms with E-state index < -0.39 is 11.8 Å². The van der Waals surface area contributed by atoms with E-state index in [0.717, 1.165) is 4.47 Å². The third-order valence-electron chi connectivity index (χ3n) is 2.61. The molecule has 3 amide bonds. The largest absolute Gasteiger partial charge is 0.343 e. The van der Waals surface area contributed by atoms with Crippen LogP contribution in [0.4, 0.5) is 0 Å². The highest BCUT2D eigenvalue weighted by atomic mass is 79.9. The number of hydrogen-bond acceptors (Lipinski definition) is 4. The third-order valence-corrected chi connectivity index (χ3v) is 3.83. The van der Waals surface area contributed by atoms with Gasteiger partial charge in [-0.1, -0.05) is 15.9 Å². The van der Waals surface area contributed by atoms with Crippen LogP contribution in [0.25, 0.3) is 0 Å². The molecule has 6 nitrogen and oxygen atoms in total. The molecule has 0 fully saturated rings. The molecule has 0 unspecified atom stereocenters. The number of halogens is 1. The van der Waals surface area contributed by atoms with Crippen molar-refractivity contribution in [2.24, 2.45) is 0 Å². The monoisotopic (exact) mass is 381 g/mol. The van der Waals surface area contributed by atoms with Gasteiger partial charge in [-0.05, 0) is 35.7 Å². The van der Waals surface area contributed by atoms with Gasteiger partial charge in [0.15, 0.2) is 0 Å². The minimum absolute atomic E-state index is 0.227. The summed E-state index contributed by atoms with van der Waals surface area (Å²) >= 11 is 4.66. The van der Waals surface area contributed by atoms with Gasteiger partial charge < -0.3 is 5.32 Å². The second-order valence-electron chi connectivity index (χ2n) is 4.20. The summed E-state index contributed by atoms with van der Waals surface area (Å²) in [6.45, 7) is -0.227. The summed E-state index contributed by atoms with van der Waals surface area (Å²) in [7, 11) is 0. The van der Waals surface area contributed by atoms with Crippen LogP contribution in [0.3, 0.4) is 0 Å². The molecule has 0 aliphatic heterocycles. The zero-order valence-corrected chi connectivity index (χ0v) is 13.7. The summed E-state index contributed by atoms with van der Waals surface area (Å²) in [5, 5.41) is 5.91. The zero-order valence-electron chi connectivity index (χ0n) is 11.3.